The summed E-state index contributed by atoms with van der Waals surface area (Å²) in [6.07, 6.45) is -0.845. The van der Waals surface area contributed by atoms with E-state index >= 15 is 0 Å². The Morgan fingerprint density at radius 2 is 1.57 bits per heavy atom. The highest BCUT2D eigenvalue weighted by atomic mass is 16.6. The average molecular weight is 414 g/mol. The predicted molar refractivity (Wildman–Crippen MR) is 106 cm³/mol. The minimum Gasteiger partial charge on any atom is -0.497 e. The third-order valence-corrected chi connectivity index (χ3v) is 5.34. The van der Waals surface area contributed by atoms with E-state index in [2.05, 4.69) is 0 Å². The van der Waals surface area contributed by atoms with Crippen LogP contribution in [0.15, 0.2) is 54.6 Å². The van der Waals surface area contributed by atoms with Crippen LogP contribution in [0.5, 0.6) is 5.75 Å². The van der Waals surface area contributed by atoms with Crippen molar-refractivity contribution in [1.29, 1.82) is 0 Å². The van der Waals surface area contributed by atoms with Crippen LogP contribution in [0.25, 0.3) is 0 Å². The van der Waals surface area contributed by atoms with E-state index in [0.717, 1.165) is 4.90 Å². The van der Waals surface area contributed by atoms with E-state index in [-0.39, 0.29) is 0 Å². The minimum atomic E-state index is -1.30. The molecular weight excluding hydrogens is 392 g/mol. The highest BCUT2D eigenvalue weighted by molar-refractivity contribution is 5.84. The molecule has 3 rings (SSSR count). The van der Waals surface area contributed by atoms with Gasteiger partial charge in [0.15, 0.2) is 0 Å². The molecule has 1 fully saturated rings. The first-order chi connectivity index (χ1) is 14.4. The molecule has 0 N–H and O–H groups in total. The van der Waals surface area contributed by atoms with Crippen molar-refractivity contribution in [2.45, 2.75) is 24.0 Å². The lowest BCUT2D eigenvalue weighted by atomic mass is 9.85. The average Bonchev–Trinajstić information content (AvgIpc) is 3.15. The summed E-state index contributed by atoms with van der Waals surface area (Å²) in [5.74, 6) is -1.15. The summed E-state index contributed by atoms with van der Waals surface area (Å²) in [5.41, 5.74) is 1.04. The van der Waals surface area contributed by atoms with Crippen molar-refractivity contribution >= 4 is 12.1 Å². The van der Waals surface area contributed by atoms with Gasteiger partial charge in [-0.3, -0.25) is 15.0 Å². The summed E-state index contributed by atoms with van der Waals surface area (Å²) in [6, 6.07) is 11.6. The fourth-order valence-electron chi connectivity index (χ4n) is 4.07. The molecular formula is C21H22N2O7. The first kappa shape index (κ1) is 21.1. The number of esters is 1. The van der Waals surface area contributed by atoms with Crippen LogP contribution in [0.4, 0.5) is 4.79 Å². The van der Waals surface area contributed by atoms with Crippen molar-refractivity contribution in [1.82, 2.24) is 4.90 Å². The van der Waals surface area contributed by atoms with Gasteiger partial charge in [-0.2, -0.15) is 0 Å². The number of ether oxygens (including phenoxy) is 3. The van der Waals surface area contributed by atoms with Crippen molar-refractivity contribution in [2.75, 3.05) is 21.3 Å². The maximum absolute atomic E-state index is 12.8. The smallest absolute Gasteiger partial charge is 0.411 e. The second-order valence-electron chi connectivity index (χ2n) is 6.78. The lowest BCUT2D eigenvalue weighted by Gasteiger charge is -2.27. The van der Waals surface area contributed by atoms with E-state index in [1.807, 2.05) is 0 Å². The zero-order chi connectivity index (χ0) is 21.8. The second kappa shape index (κ2) is 8.81. The van der Waals surface area contributed by atoms with Gasteiger partial charge in [0.25, 0.3) is 0 Å². The van der Waals surface area contributed by atoms with Gasteiger partial charge < -0.3 is 14.2 Å². The van der Waals surface area contributed by atoms with E-state index in [1.165, 1.54) is 21.3 Å². The molecule has 2 aromatic rings. The SMILES string of the molecule is COC(=O)[C@@H]1[C@@H](c2ccc(OC)cc2)[C@@H]([N+](=O)[O-])[C@H](c2ccccc2)N1C(=O)OC. The molecule has 2 aromatic carbocycles. The van der Waals surface area contributed by atoms with Gasteiger partial charge in [-0.1, -0.05) is 42.5 Å². The molecule has 1 heterocycles. The Morgan fingerprint density at radius 1 is 0.933 bits per heavy atom. The molecule has 0 bridgehead atoms. The zero-order valence-corrected chi connectivity index (χ0v) is 16.8. The van der Waals surface area contributed by atoms with Crippen molar-refractivity contribution in [3.8, 4) is 5.75 Å². The third kappa shape index (κ3) is 3.66. The molecule has 1 aliphatic heterocycles. The first-order valence-corrected chi connectivity index (χ1v) is 9.21. The molecule has 1 amide bonds. The number of carbonyl (C=O) groups excluding carboxylic acids is 2. The number of carbonyl (C=O) groups is 2. The number of methoxy groups -OCH3 is 3. The fourth-order valence-corrected chi connectivity index (χ4v) is 4.07. The molecule has 0 spiro atoms. The Labute approximate surface area is 173 Å². The van der Waals surface area contributed by atoms with Crippen LogP contribution in [-0.2, 0) is 14.3 Å². The molecule has 0 unspecified atom stereocenters. The molecule has 9 nitrogen and oxygen atoms in total. The summed E-state index contributed by atoms with van der Waals surface area (Å²) >= 11 is 0. The largest absolute Gasteiger partial charge is 0.497 e. The van der Waals surface area contributed by atoms with Gasteiger partial charge in [0.05, 0.1) is 27.2 Å². The van der Waals surface area contributed by atoms with E-state index < -0.39 is 41.0 Å². The summed E-state index contributed by atoms with van der Waals surface area (Å²) in [6.45, 7) is 0. The Hall–Kier alpha value is -3.62. The van der Waals surface area contributed by atoms with Gasteiger partial charge in [0.1, 0.15) is 17.8 Å². The van der Waals surface area contributed by atoms with E-state index in [1.54, 1.807) is 54.6 Å². The maximum Gasteiger partial charge on any atom is 0.411 e. The van der Waals surface area contributed by atoms with Gasteiger partial charge in [-0.05, 0) is 23.3 Å². The molecule has 0 aromatic heterocycles. The van der Waals surface area contributed by atoms with E-state index in [4.69, 9.17) is 14.2 Å². The Morgan fingerprint density at radius 3 is 2.07 bits per heavy atom. The molecule has 1 saturated heterocycles. The Bertz CT molecular complexity index is 917. The topological polar surface area (TPSA) is 108 Å². The van der Waals surface area contributed by atoms with Gasteiger partial charge in [0, 0.05) is 4.92 Å². The van der Waals surface area contributed by atoms with E-state index in [0.29, 0.717) is 16.9 Å². The van der Waals surface area contributed by atoms with Crippen molar-refractivity contribution < 1.29 is 28.7 Å². The van der Waals surface area contributed by atoms with Crippen molar-refractivity contribution in [3.63, 3.8) is 0 Å². The van der Waals surface area contributed by atoms with Crippen LogP contribution in [0.1, 0.15) is 23.1 Å². The third-order valence-electron chi connectivity index (χ3n) is 5.34. The van der Waals surface area contributed by atoms with Gasteiger partial charge >= 0.3 is 12.1 Å². The fraction of sp³-hybridized carbons (Fsp3) is 0.333. The number of hydrogen-bond donors (Lipinski definition) is 0. The van der Waals surface area contributed by atoms with E-state index in [9.17, 15) is 19.7 Å². The number of benzene rings is 2. The minimum absolute atomic E-state index is 0.453. The molecule has 0 saturated carbocycles. The van der Waals surface area contributed by atoms with Crippen LogP contribution >= 0.6 is 0 Å². The first-order valence-electron chi connectivity index (χ1n) is 9.21. The number of rotatable bonds is 5. The molecule has 158 valence electrons. The molecule has 0 aliphatic carbocycles. The van der Waals surface area contributed by atoms with Crippen LogP contribution in [-0.4, -0.2) is 55.3 Å². The number of amides is 1. The van der Waals surface area contributed by atoms with Gasteiger partial charge in [-0.15, -0.1) is 0 Å². The maximum atomic E-state index is 12.8. The van der Waals surface area contributed by atoms with Gasteiger partial charge in [-0.25, -0.2) is 9.59 Å². The Balaban J connectivity index is 2.23. The van der Waals surface area contributed by atoms with Crippen LogP contribution in [0.2, 0.25) is 0 Å². The quantitative estimate of drug-likeness (QED) is 0.420. The Kier molecular flexibility index (Phi) is 6.20. The summed E-state index contributed by atoms with van der Waals surface area (Å²) in [4.78, 5) is 38.4. The summed E-state index contributed by atoms with van der Waals surface area (Å²) in [5, 5.41) is 12.3. The number of nitro groups is 1. The number of likely N-dealkylation sites (tertiary alicyclic amines) is 1. The zero-order valence-electron chi connectivity index (χ0n) is 16.8. The lowest BCUT2D eigenvalue weighted by Crippen LogP contribution is -2.44. The summed E-state index contributed by atoms with van der Waals surface area (Å²) in [7, 11) is 3.85. The van der Waals surface area contributed by atoms with Crippen LogP contribution in [0, 0.1) is 10.1 Å². The standard InChI is InChI=1S/C21H22N2O7/c1-28-15-11-9-13(10-12-15)16-18(23(26)27)17(14-7-5-4-6-8-14)22(21(25)30-3)19(16)20(24)29-2/h4-12,16-19H,1-3H3/t16-,17-,18+,19-/m0/s1. The molecule has 4 atom stereocenters. The normalized spacial score (nSPS) is 23.0. The molecule has 9 heteroatoms. The molecule has 1 aliphatic rings. The number of nitrogens with zero attached hydrogens (tertiary/aromatic N) is 2. The monoisotopic (exact) mass is 414 g/mol. The van der Waals surface area contributed by atoms with Gasteiger partial charge in [0.2, 0.25) is 6.04 Å². The van der Waals surface area contributed by atoms with Crippen molar-refractivity contribution in [3.05, 3.63) is 75.8 Å². The molecule has 30 heavy (non-hydrogen) atoms. The lowest BCUT2D eigenvalue weighted by molar-refractivity contribution is -0.528. The van der Waals surface area contributed by atoms with Crippen LogP contribution in [0.3, 0.4) is 0 Å². The van der Waals surface area contributed by atoms with Crippen LogP contribution < -0.4 is 4.74 Å². The number of hydrogen-bond acceptors (Lipinski definition) is 7. The molecule has 0 radical (unpaired) electrons. The predicted octanol–water partition coefficient (Wildman–Crippen LogP) is 2.79. The highest BCUT2D eigenvalue weighted by Crippen LogP contribution is 2.47. The highest BCUT2D eigenvalue weighted by Gasteiger charge is 2.61. The second-order valence-corrected chi connectivity index (χ2v) is 6.78. The summed E-state index contributed by atoms with van der Waals surface area (Å²) < 4.78 is 15.0. The van der Waals surface area contributed by atoms with Crippen molar-refractivity contribution in [2.24, 2.45) is 0 Å².